The SMILES string of the molecule is CCOc1ccc(C(=O)N[C@@H](CC)c2ccc(C)c(C)c2)cc1. The Morgan fingerprint density at radius 1 is 1.04 bits per heavy atom. The molecule has 0 saturated carbocycles. The molecule has 2 rings (SSSR count). The van der Waals surface area contributed by atoms with Crippen LogP contribution in [0.2, 0.25) is 0 Å². The molecule has 0 aliphatic rings. The zero-order valence-corrected chi connectivity index (χ0v) is 14.3. The standard InChI is InChI=1S/C20H25NO2/c1-5-19(17-8-7-14(3)15(4)13-17)21-20(22)16-9-11-18(12-10-16)23-6-2/h7-13,19H,5-6H2,1-4H3,(H,21,22)/t19-/m0/s1. The summed E-state index contributed by atoms with van der Waals surface area (Å²) in [5.41, 5.74) is 4.31. The highest BCUT2D eigenvalue weighted by Crippen LogP contribution is 2.21. The first kappa shape index (κ1) is 17.1. The summed E-state index contributed by atoms with van der Waals surface area (Å²) in [7, 11) is 0. The molecule has 0 spiro atoms. The highest BCUT2D eigenvalue weighted by molar-refractivity contribution is 5.94. The lowest BCUT2D eigenvalue weighted by molar-refractivity contribution is 0.0935. The molecule has 0 bridgehead atoms. The lowest BCUT2D eigenvalue weighted by atomic mass is 9.99. The summed E-state index contributed by atoms with van der Waals surface area (Å²) in [5.74, 6) is 0.725. The molecule has 1 amide bonds. The van der Waals surface area contributed by atoms with Gasteiger partial charge in [-0.3, -0.25) is 4.79 Å². The summed E-state index contributed by atoms with van der Waals surface area (Å²) in [6.07, 6.45) is 0.852. The summed E-state index contributed by atoms with van der Waals surface area (Å²) in [6.45, 7) is 8.84. The number of carbonyl (C=O) groups is 1. The van der Waals surface area contributed by atoms with Crippen molar-refractivity contribution < 1.29 is 9.53 Å². The fourth-order valence-electron chi connectivity index (χ4n) is 2.51. The Labute approximate surface area is 138 Å². The molecule has 3 heteroatoms. The third-order valence-electron chi connectivity index (χ3n) is 4.07. The van der Waals surface area contributed by atoms with Crippen molar-refractivity contribution in [1.82, 2.24) is 5.32 Å². The molecule has 0 aliphatic carbocycles. The van der Waals surface area contributed by atoms with Gasteiger partial charge in [0.2, 0.25) is 0 Å². The molecule has 0 saturated heterocycles. The molecule has 0 aromatic heterocycles. The van der Waals surface area contributed by atoms with Crippen LogP contribution in [-0.2, 0) is 0 Å². The van der Waals surface area contributed by atoms with E-state index in [1.54, 1.807) is 12.1 Å². The van der Waals surface area contributed by atoms with E-state index in [-0.39, 0.29) is 11.9 Å². The van der Waals surface area contributed by atoms with Crippen molar-refractivity contribution >= 4 is 5.91 Å². The molecule has 0 heterocycles. The number of hydrogen-bond acceptors (Lipinski definition) is 2. The fourth-order valence-corrected chi connectivity index (χ4v) is 2.51. The number of benzene rings is 2. The van der Waals surface area contributed by atoms with Crippen molar-refractivity contribution in [3.8, 4) is 5.75 Å². The van der Waals surface area contributed by atoms with Gasteiger partial charge in [-0.1, -0.05) is 25.1 Å². The Hall–Kier alpha value is -2.29. The van der Waals surface area contributed by atoms with E-state index in [0.29, 0.717) is 12.2 Å². The predicted molar refractivity (Wildman–Crippen MR) is 94.0 cm³/mol. The third kappa shape index (κ3) is 4.35. The normalized spacial score (nSPS) is 11.8. The van der Waals surface area contributed by atoms with Gasteiger partial charge in [-0.2, -0.15) is 0 Å². The number of rotatable bonds is 6. The quantitative estimate of drug-likeness (QED) is 0.847. The van der Waals surface area contributed by atoms with E-state index in [9.17, 15) is 4.79 Å². The van der Waals surface area contributed by atoms with E-state index in [4.69, 9.17) is 4.74 Å². The minimum absolute atomic E-state index is 0.0216. The van der Waals surface area contributed by atoms with Crippen molar-refractivity contribution in [3.63, 3.8) is 0 Å². The molecular weight excluding hydrogens is 286 g/mol. The van der Waals surface area contributed by atoms with E-state index >= 15 is 0 Å². The second kappa shape index (κ2) is 7.82. The molecule has 1 N–H and O–H groups in total. The minimum Gasteiger partial charge on any atom is -0.494 e. The molecule has 23 heavy (non-hydrogen) atoms. The minimum atomic E-state index is -0.0573. The van der Waals surface area contributed by atoms with Crippen LogP contribution in [0.15, 0.2) is 42.5 Å². The van der Waals surface area contributed by atoms with Crippen LogP contribution < -0.4 is 10.1 Å². The molecule has 2 aromatic rings. The zero-order valence-electron chi connectivity index (χ0n) is 14.3. The van der Waals surface area contributed by atoms with Gasteiger partial charge in [-0.15, -0.1) is 0 Å². The molecule has 0 fully saturated rings. The summed E-state index contributed by atoms with van der Waals surface area (Å²) >= 11 is 0. The lowest BCUT2D eigenvalue weighted by Gasteiger charge is -2.19. The Morgan fingerprint density at radius 2 is 1.74 bits per heavy atom. The predicted octanol–water partition coefficient (Wildman–Crippen LogP) is 4.58. The number of amides is 1. The molecular formula is C20H25NO2. The van der Waals surface area contributed by atoms with Gasteiger partial charge in [-0.25, -0.2) is 0 Å². The van der Waals surface area contributed by atoms with Gasteiger partial charge >= 0.3 is 0 Å². The highest BCUT2D eigenvalue weighted by atomic mass is 16.5. The van der Waals surface area contributed by atoms with E-state index in [1.807, 2.05) is 19.1 Å². The first-order chi connectivity index (χ1) is 11.0. The molecule has 1 atom stereocenters. The van der Waals surface area contributed by atoms with Crippen LogP contribution in [0.5, 0.6) is 5.75 Å². The van der Waals surface area contributed by atoms with Crippen LogP contribution >= 0.6 is 0 Å². The summed E-state index contributed by atoms with van der Waals surface area (Å²) in [4.78, 5) is 12.5. The van der Waals surface area contributed by atoms with Crippen LogP contribution in [-0.4, -0.2) is 12.5 Å². The first-order valence-corrected chi connectivity index (χ1v) is 8.16. The number of ether oxygens (including phenoxy) is 1. The van der Waals surface area contributed by atoms with E-state index in [2.05, 4.69) is 44.3 Å². The van der Waals surface area contributed by atoms with Crippen molar-refractivity contribution in [2.45, 2.75) is 40.2 Å². The second-order valence-corrected chi connectivity index (χ2v) is 5.74. The van der Waals surface area contributed by atoms with Gasteiger partial charge in [0.25, 0.3) is 5.91 Å². The topological polar surface area (TPSA) is 38.3 Å². The summed E-state index contributed by atoms with van der Waals surface area (Å²) < 4.78 is 5.40. The van der Waals surface area contributed by atoms with Gasteiger partial charge in [0.05, 0.1) is 12.6 Å². The van der Waals surface area contributed by atoms with E-state index in [1.165, 1.54) is 11.1 Å². The smallest absolute Gasteiger partial charge is 0.251 e. The van der Waals surface area contributed by atoms with Crippen molar-refractivity contribution in [2.24, 2.45) is 0 Å². The van der Waals surface area contributed by atoms with Crippen molar-refractivity contribution in [3.05, 3.63) is 64.7 Å². The van der Waals surface area contributed by atoms with E-state index < -0.39 is 0 Å². The van der Waals surface area contributed by atoms with Crippen LogP contribution in [0.25, 0.3) is 0 Å². The van der Waals surface area contributed by atoms with E-state index in [0.717, 1.165) is 17.7 Å². The Morgan fingerprint density at radius 3 is 2.30 bits per heavy atom. The number of carbonyl (C=O) groups excluding carboxylic acids is 1. The average molecular weight is 311 g/mol. The zero-order chi connectivity index (χ0) is 16.8. The van der Waals surface area contributed by atoms with Gasteiger partial charge < -0.3 is 10.1 Å². The number of nitrogens with one attached hydrogen (secondary N) is 1. The monoisotopic (exact) mass is 311 g/mol. The van der Waals surface area contributed by atoms with Crippen molar-refractivity contribution in [1.29, 1.82) is 0 Å². The Kier molecular flexibility index (Phi) is 5.80. The van der Waals surface area contributed by atoms with Crippen LogP contribution in [0.4, 0.5) is 0 Å². The van der Waals surface area contributed by atoms with Gasteiger partial charge in [0.1, 0.15) is 5.75 Å². The van der Waals surface area contributed by atoms with Crippen molar-refractivity contribution in [2.75, 3.05) is 6.61 Å². The average Bonchev–Trinajstić information content (AvgIpc) is 2.56. The Balaban J connectivity index is 2.11. The fraction of sp³-hybridized carbons (Fsp3) is 0.350. The van der Waals surface area contributed by atoms with Gasteiger partial charge in [-0.05, 0) is 68.1 Å². The lowest BCUT2D eigenvalue weighted by Crippen LogP contribution is -2.28. The maximum Gasteiger partial charge on any atom is 0.251 e. The molecule has 0 radical (unpaired) electrons. The molecule has 0 unspecified atom stereocenters. The highest BCUT2D eigenvalue weighted by Gasteiger charge is 2.14. The molecule has 2 aromatic carbocycles. The first-order valence-electron chi connectivity index (χ1n) is 8.16. The maximum atomic E-state index is 12.5. The number of aryl methyl sites for hydroxylation is 2. The molecule has 0 aliphatic heterocycles. The van der Waals surface area contributed by atoms with Crippen LogP contribution in [0.1, 0.15) is 53.4 Å². The number of hydrogen-bond donors (Lipinski definition) is 1. The third-order valence-corrected chi connectivity index (χ3v) is 4.07. The van der Waals surface area contributed by atoms with Crippen LogP contribution in [0, 0.1) is 13.8 Å². The Bertz CT molecular complexity index is 662. The largest absolute Gasteiger partial charge is 0.494 e. The second-order valence-electron chi connectivity index (χ2n) is 5.74. The molecule has 122 valence electrons. The summed E-state index contributed by atoms with van der Waals surface area (Å²) in [5, 5.41) is 3.12. The summed E-state index contributed by atoms with van der Waals surface area (Å²) in [6, 6.07) is 13.6. The maximum absolute atomic E-state index is 12.5. The van der Waals surface area contributed by atoms with Gasteiger partial charge in [0, 0.05) is 5.56 Å². The van der Waals surface area contributed by atoms with Gasteiger partial charge in [0.15, 0.2) is 0 Å². The van der Waals surface area contributed by atoms with Crippen LogP contribution in [0.3, 0.4) is 0 Å². The molecule has 3 nitrogen and oxygen atoms in total.